The Kier molecular flexibility index (Phi) is 3.45. The van der Waals surface area contributed by atoms with Crippen LogP contribution in [0.4, 0.5) is 0 Å². The van der Waals surface area contributed by atoms with Crippen LogP contribution >= 0.6 is 11.8 Å². The van der Waals surface area contributed by atoms with Gasteiger partial charge in [-0.05, 0) is 6.07 Å². The first-order chi connectivity index (χ1) is 8.20. The maximum atomic E-state index is 11.2. The van der Waals surface area contributed by atoms with Crippen molar-refractivity contribution in [1.82, 2.24) is 20.2 Å². The van der Waals surface area contributed by atoms with Gasteiger partial charge in [-0.3, -0.25) is 10.2 Å². The Morgan fingerprint density at radius 2 is 2.53 bits per heavy atom. The van der Waals surface area contributed by atoms with Gasteiger partial charge in [0.2, 0.25) is 0 Å². The fourth-order valence-corrected chi connectivity index (χ4v) is 1.98. The minimum absolute atomic E-state index is 0.372. The number of nitrogens with zero attached hydrogens (tertiary/aromatic N) is 3. The zero-order valence-electron chi connectivity index (χ0n) is 9.08. The van der Waals surface area contributed by atoms with E-state index in [1.165, 1.54) is 18.0 Å². The Bertz CT molecular complexity index is 521. The van der Waals surface area contributed by atoms with E-state index in [-0.39, 0.29) is 5.91 Å². The summed E-state index contributed by atoms with van der Waals surface area (Å²) < 4.78 is 7.04. The number of aryl methyl sites for hydroxylation is 1. The SMILES string of the molecule is Cn1cnnc1SCc1cc(C(=O)NN)co1. The minimum atomic E-state index is -0.372. The number of aromatic nitrogens is 3. The number of furan rings is 1. The molecule has 3 N–H and O–H groups in total. The van der Waals surface area contributed by atoms with Crippen LogP contribution in [-0.4, -0.2) is 20.7 Å². The molecule has 0 fully saturated rings. The van der Waals surface area contributed by atoms with Crippen molar-refractivity contribution >= 4 is 17.7 Å². The van der Waals surface area contributed by atoms with Crippen molar-refractivity contribution in [3.63, 3.8) is 0 Å². The van der Waals surface area contributed by atoms with Gasteiger partial charge in [0.1, 0.15) is 18.4 Å². The summed E-state index contributed by atoms with van der Waals surface area (Å²) in [6.45, 7) is 0. The van der Waals surface area contributed by atoms with Gasteiger partial charge in [0.25, 0.3) is 5.91 Å². The summed E-state index contributed by atoms with van der Waals surface area (Å²) in [6, 6.07) is 1.64. The highest BCUT2D eigenvalue weighted by molar-refractivity contribution is 7.98. The Labute approximate surface area is 101 Å². The van der Waals surface area contributed by atoms with Crippen molar-refractivity contribution < 1.29 is 9.21 Å². The molecule has 7 nitrogen and oxygen atoms in total. The predicted octanol–water partition coefficient (Wildman–Crippen LogP) is 0.304. The number of hydrogen-bond acceptors (Lipinski definition) is 6. The Hall–Kier alpha value is -1.80. The van der Waals surface area contributed by atoms with Crippen LogP contribution in [0.25, 0.3) is 0 Å². The van der Waals surface area contributed by atoms with E-state index >= 15 is 0 Å². The minimum Gasteiger partial charge on any atom is -0.468 e. The molecule has 0 unspecified atom stereocenters. The molecule has 0 aromatic carbocycles. The van der Waals surface area contributed by atoms with Crippen molar-refractivity contribution in [3.05, 3.63) is 30.0 Å². The monoisotopic (exact) mass is 253 g/mol. The Morgan fingerprint density at radius 3 is 3.18 bits per heavy atom. The smallest absolute Gasteiger partial charge is 0.268 e. The Balaban J connectivity index is 1.98. The molecule has 0 bridgehead atoms. The summed E-state index contributed by atoms with van der Waals surface area (Å²) in [5, 5.41) is 8.47. The number of amides is 1. The number of nitrogens with two attached hydrogens (primary N) is 1. The molecule has 0 saturated heterocycles. The average molecular weight is 253 g/mol. The van der Waals surface area contributed by atoms with E-state index in [1.807, 2.05) is 12.5 Å². The lowest BCUT2D eigenvalue weighted by atomic mass is 10.3. The zero-order valence-corrected chi connectivity index (χ0v) is 9.90. The van der Waals surface area contributed by atoms with Crippen LogP contribution in [0.3, 0.4) is 0 Å². The van der Waals surface area contributed by atoms with Crippen molar-refractivity contribution in [2.75, 3.05) is 0 Å². The van der Waals surface area contributed by atoms with Gasteiger partial charge < -0.3 is 8.98 Å². The maximum Gasteiger partial charge on any atom is 0.268 e. The number of carbonyl (C=O) groups is 1. The molecule has 0 radical (unpaired) electrons. The van der Waals surface area contributed by atoms with Crippen LogP contribution in [-0.2, 0) is 12.8 Å². The second-order valence-corrected chi connectivity index (χ2v) is 4.23. The van der Waals surface area contributed by atoms with Gasteiger partial charge in [0, 0.05) is 7.05 Å². The topological polar surface area (TPSA) is 99.0 Å². The van der Waals surface area contributed by atoms with Crippen molar-refractivity contribution in [1.29, 1.82) is 0 Å². The number of carbonyl (C=O) groups excluding carboxylic acids is 1. The van der Waals surface area contributed by atoms with E-state index < -0.39 is 0 Å². The molecule has 2 aromatic rings. The van der Waals surface area contributed by atoms with E-state index in [4.69, 9.17) is 10.3 Å². The molecular weight excluding hydrogens is 242 g/mol. The lowest BCUT2D eigenvalue weighted by molar-refractivity contribution is 0.0953. The molecule has 2 rings (SSSR count). The molecule has 2 aromatic heterocycles. The zero-order chi connectivity index (χ0) is 12.3. The number of thioether (sulfide) groups is 1. The molecule has 0 aliphatic carbocycles. The molecule has 0 saturated carbocycles. The lowest BCUT2D eigenvalue weighted by Gasteiger charge is -1.96. The van der Waals surface area contributed by atoms with Crippen molar-refractivity contribution in [3.8, 4) is 0 Å². The average Bonchev–Trinajstić information content (AvgIpc) is 2.94. The second-order valence-electron chi connectivity index (χ2n) is 3.29. The van der Waals surface area contributed by atoms with Gasteiger partial charge in [-0.25, -0.2) is 5.84 Å². The quantitative estimate of drug-likeness (QED) is 0.352. The first-order valence-corrected chi connectivity index (χ1v) is 5.74. The third-order valence-corrected chi connectivity index (χ3v) is 3.12. The van der Waals surface area contributed by atoms with Gasteiger partial charge in [-0.15, -0.1) is 10.2 Å². The molecular formula is C9H11N5O2S. The first kappa shape index (κ1) is 11.7. The summed E-state index contributed by atoms with van der Waals surface area (Å²) in [6.07, 6.45) is 2.99. The van der Waals surface area contributed by atoms with Gasteiger partial charge in [-0.1, -0.05) is 11.8 Å². The summed E-state index contributed by atoms with van der Waals surface area (Å²) in [7, 11) is 1.86. The molecule has 8 heteroatoms. The van der Waals surface area contributed by atoms with E-state index in [0.717, 1.165) is 5.16 Å². The highest BCUT2D eigenvalue weighted by Gasteiger charge is 2.10. The molecule has 17 heavy (non-hydrogen) atoms. The number of rotatable bonds is 4. The third-order valence-electron chi connectivity index (χ3n) is 2.06. The Morgan fingerprint density at radius 1 is 1.71 bits per heavy atom. The molecule has 0 aliphatic heterocycles. The predicted molar refractivity (Wildman–Crippen MR) is 60.9 cm³/mol. The van der Waals surface area contributed by atoms with Gasteiger partial charge in [0.05, 0.1) is 11.3 Å². The molecule has 0 atom stereocenters. The second kappa shape index (κ2) is 5.02. The number of nitrogen functional groups attached to an aromatic ring is 1. The van der Waals surface area contributed by atoms with Crippen LogP contribution in [0.5, 0.6) is 0 Å². The van der Waals surface area contributed by atoms with E-state index in [0.29, 0.717) is 17.1 Å². The normalized spacial score (nSPS) is 10.5. The van der Waals surface area contributed by atoms with Crippen molar-refractivity contribution in [2.45, 2.75) is 10.9 Å². The van der Waals surface area contributed by atoms with Crippen LogP contribution < -0.4 is 11.3 Å². The molecule has 0 spiro atoms. The van der Waals surface area contributed by atoms with Gasteiger partial charge in [0.15, 0.2) is 5.16 Å². The third kappa shape index (κ3) is 2.66. The van der Waals surface area contributed by atoms with Gasteiger partial charge in [-0.2, -0.15) is 0 Å². The van der Waals surface area contributed by atoms with Crippen LogP contribution in [0.2, 0.25) is 0 Å². The molecule has 2 heterocycles. The van der Waals surface area contributed by atoms with E-state index in [9.17, 15) is 4.79 Å². The van der Waals surface area contributed by atoms with E-state index in [2.05, 4.69) is 10.2 Å². The number of nitrogens with one attached hydrogen (secondary N) is 1. The molecule has 90 valence electrons. The lowest BCUT2D eigenvalue weighted by Crippen LogP contribution is -2.29. The van der Waals surface area contributed by atoms with Crippen LogP contribution in [0.15, 0.2) is 28.2 Å². The summed E-state index contributed by atoms with van der Waals surface area (Å²) in [4.78, 5) is 11.2. The fourth-order valence-electron chi connectivity index (χ4n) is 1.20. The number of hydrazine groups is 1. The summed E-state index contributed by atoms with van der Waals surface area (Å²) in [5.74, 6) is 5.90. The fraction of sp³-hybridized carbons (Fsp3) is 0.222. The molecule has 0 aliphatic rings. The standard InChI is InChI=1S/C9H11N5O2S/c1-14-5-11-13-9(14)17-4-7-2-6(3-16-7)8(15)12-10/h2-3,5H,4,10H2,1H3,(H,12,15). The summed E-state index contributed by atoms with van der Waals surface area (Å²) >= 11 is 1.47. The summed E-state index contributed by atoms with van der Waals surface area (Å²) in [5.41, 5.74) is 2.44. The van der Waals surface area contributed by atoms with Crippen LogP contribution in [0.1, 0.15) is 16.1 Å². The highest BCUT2D eigenvalue weighted by atomic mass is 32.2. The largest absolute Gasteiger partial charge is 0.468 e. The molecule has 1 amide bonds. The number of hydrogen-bond donors (Lipinski definition) is 2. The highest BCUT2D eigenvalue weighted by Crippen LogP contribution is 2.21. The van der Waals surface area contributed by atoms with E-state index in [1.54, 1.807) is 17.0 Å². The van der Waals surface area contributed by atoms with Crippen LogP contribution in [0, 0.1) is 0 Å². The van der Waals surface area contributed by atoms with Crippen molar-refractivity contribution in [2.24, 2.45) is 12.9 Å². The maximum absolute atomic E-state index is 11.2. The first-order valence-electron chi connectivity index (χ1n) is 4.76. The van der Waals surface area contributed by atoms with Gasteiger partial charge >= 0.3 is 0 Å².